The molecule has 0 bridgehead atoms. The molecule has 1 heterocycles. The van der Waals surface area contributed by atoms with Crippen molar-refractivity contribution < 1.29 is 13.6 Å². The van der Waals surface area contributed by atoms with E-state index in [9.17, 15) is 0 Å². The fraction of sp³-hybridized carbons (Fsp3) is 0.562. The summed E-state index contributed by atoms with van der Waals surface area (Å²) in [5, 5.41) is 0. The Labute approximate surface area is 196 Å². The molecule has 2 aromatic rings. The van der Waals surface area contributed by atoms with Crippen molar-refractivity contribution in [1.82, 2.24) is 4.98 Å². The third kappa shape index (κ3) is 11.1. The quantitative estimate of drug-likeness (QED) is 0.116. The van der Waals surface area contributed by atoms with Gasteiger partial charge in [-0.2, -0.15) is 0 Å². The highest BCUT2D eigenvalue weighted by molar-refractivity contribution is 9.41. The van der Waals surface area contributed by atoms with Gasteiger partial charge in [0.15, 0.2) is 4.34 Å². The zero-order chi connectivity index (χ0) is 19.9. The van der Waals surface area contributed by atoms with Gasteiger partial charge in [0.2, 0.25) is 0 Å². The van der Waals surface area contributed by atoms with Crippen LogP contribution in [0.2, 0.25) is 6.04 Å². The molecule has 0 amide bonds. The fourth-order valence-electron chi connectivity index (χ4n) is 2.02. The molecule has 1 aromatic carbocycles. The lowest BCUT2D eigenvalue weighted by Gasteiger charge is -2.14. The van der Waals surface area contributed by atoms with E-state index >= 15 is 0 Å². The molecule has 4 nitrogen and oxygen atoms in total. The van der Waals surface area contributed by atoms with Crippen molar-refractivity contribution in [3.05, 3.63) is 24.3 Å². The Balaban J connectivity index is 1.45. The SMILES string of the molecule is CCO[Si](CCCSSSSSSc1nc2ccccc2s1)OCCCOC. The van der Waals surface area contributed by atoms with Crippen molar-refractivity contribution >= 4 is 91.7 Å². The summed E-state index contributed by atoms with van der Waals surface area (Å²) in [4.78, 5) is 4.63. The van der Waals surface area contributed by atoms with Crippen molar-refractivity contribution in [3.63, 3.8) is 0 Å². The first-order valence-corrected chi connectivity index (χ1v) is 18.7. The minimum Gasteiger partial charge on any atom is -0.394 e. The minimum absolute atomic E-state index is 0.733. The molecule has 12 heteroatoms. The standard InChI is InChI=1S/C16H24NO3S7Si/c1-3-19-28(20-11-6-10-18-2)13-7-12-21-24-26-27-25-23-16-17-14-8-4-5-9-15(14)22-16/h4-5,8-9H,3,6-7,10-13H2,1-2H3. The Morgan fingerprint density at radius 1 is 1.04 bits per heavy atom. The van der Waals surface area contributed by atoms with Crippen LogP contribution in [0, 0.1) is 0 Å². The molecule has 0 spiro atoms. The van der Waals surface area contributed by atoms with Gasteiger partial charge < -0.3 is 13.6 Å². The highest BCUT2D eigenvalue weighted by atomic mass is 33.9. The number of methoxy groups -OCH3 is 1. The van der Waals surface area contributed by atoms with Gasteiger partial charge in [0.25, 0.3) is 0 Å². The molecule has 1 aromatic heterocycles. The molecule has 0 atom stereocenters. The largest absolute Gasteiger partial charge is 0.394 e. The first-order chi connectivity index (χ1) is 13.8. The van der Waals surface area contributed by atoms with Gasteiger partial charge in [0.05, 0.1) is 10.2 Å². The van der Waals surface area contributed by atoms with Crippen LogP contribution in [0.15, 0.2) is 28.6 Å². The van der Waals surface area contributed by atoms with Gasteiger partial charge in [-0.25, -0.2) is 4.98 Å². The predicted molar refractivity (Wildman–Crippen MR) is 138 cm³/mol. The molecule has 0 unspecified atom stereocenters. The minimum atomic E-state index is -1.12. The van der Waals surface area contributed by atoms with E-state index in [4.69, 9.17) is 13.6 Å². The lowest BCUT2D eigenvalue weighted by atomic mass is 10.3. The van der Waals surface area contributed by atoms with E-state index < -0.39 is 9.28 Å². The second kappa shape index (κ2) is 16.9. The molecular formula is C16H24NO3S7Si. The molecule has 28 heavy (non-hydrogen) atoms. The van der Waals surface area contributed by atoms with Gasteiger partial charge in [0.1, 0.15) is 0 Å². The van der Waals surface area contributed by atoms with E-state index in [1.807, 2.05) is 43.4 Å². The zero-order valence-electron chi connectivity index (χ0n) is 15.8. The zero-order valence-corrected chi connectivity index (χ0v) is 22.5. The molecule has 2 rings (SSSR count). The summed E-state index contributed by atoms with van der Waals surface area (Å²) in [6.45, 7) is 4.25. The van der Waals surface area contributed by atoms with Crippen molar-refractivity contribution in [2.45, 2.75) is 30.1 Å². The van der Waals surface area contributed by atoms with Gasteiger partial charge in [-0.3, -0.25) is 0 Å². The topological polar surface area (TPSA) is 40.6 Å². The average Bonchev–Trinajstić information content (AvgIpc) is 3.12. The maximum atomic E-state index is 5.87. The number of hydrogen-bond acceptors (Lipinski definition) is 11. The number of thiazole rings is 1. The highest BCUT2D eigenvalue weighted by Gasteiger charge is 2.14. The summed E-state index contributed by atoms with van der Waals surface area (Å²) >= 11 is 1.76. The molecule has 157 valence electrons. The molecule has 0 N–H and O–H groups in total. The predicted octanol–water partition coefficient (Wildman–Crippen LogP) is 7.60. The number of ether oxygens (including phenoxy) is 1. The molecule has 0 aliphatic carbocycles. The second-order valence-electron chi connectivity index (χ2n) is 5.23. The van der Waals surface area contributed by atoms with Crippen LogP contribution in [0.3, 0.4) is 0 Å². The summed E-state index contributed by atoms with van der Waals surface area (Å²) < 4.78 is 19.0. The van der Waals surface area contributed by atoms with Crippen molar-refractivity contribution in [2.24, 2.45) is 0 Å². The smallest absolute Gasteiger partial charge is 0.384 e. The summed E-state index contributed by atoms with van der Waals surface area (Å²) in [5.74, 6) is 1.12. The van der Waals surface area contributed by atoms with Gasteiger partial charge in [-0.1, -0.05) is 22.9 Å². The van der Waals surface area contributed by atoms with E-state index in [-0.39, 0.29) is 0 Å². The molecular weight excluding hydrogens is 507 g/mol. The normalized spacial score (nSPS) is 11.7. The molecule has 0 aliphatic heterocycles. The van der Waals surface area contributed by atoms with Gasteiger partial charge in [-0.15, -0.1) is 11.3 Å². The van der Waals surface area contributed by atoms with E-state index in [0.717, 1.165) is 54.3 Å². The summed E-state index contributed by atoms with van der Waals surface area (Å²) in [7, 11) is 11.5. The van der Waals surface area contributed by atoms with Crippen molar-refractivity contribution in [1.29, 1.82) is 0 Å². The summed E-state index contributed by atoms with van der Waals surface area (Å²) in [6, 6.07) is 9.33. The molecule has 1 radical (unpaired) electrons. The first-order valence-electron chi connectivity index (χ1n) is 8.75. The van der Waals surface area contributed by atoms with Crippen LogP contribution in [-0.2, 0) is 13.6 Å². The summed E-state index contributed by atoms with van der Waals surface area (Å²) in [5.41, 5.74) is 1.09. The maximum Gasteiger partial charge on any atom is 0.384 e. The highest BCUT2D eigenvalue weighted by Crippen LogP contribution is 2.54. The monoisotopic (exact) mass is 530 g/mol. The van der Waals surface area contributed by atoms with Crippen LogP contribution in [0.5, 0.6) is 0 Å². The van der Waals surface area contributed by atoms with Crippen LogP contribution in [0.4, 0.5) is 0 Å². The number of para-hydroxylation sites is 1. The van der Waals surface area contributed by atoms with E-state index in [0.29, 0.717) is 0 Å². The van der Waals surface area contributed by atoms with Crippen LogP contribution in [-0.4, -0.2) is 47.0 Å². The van der Waals surface area contributed by atoms with Crippen LogP contribution < -0.4 is 0 Å². The lowest BCUT2D eigenvalue weighted by Crippen LogP contribution is -2.24. The van der Waals surface area contributed by atoms with E-state index in [1.54, 1.807) is 48.9 Å². The second-order valence-corrected chi connectivity index (χ2v) is 17.8. The number of fused-ring (bicyclic) bond motifs is 1. The van der Waals surface area contributed by atoms with E-state index in [2.05, 4.69) is 23.2 Å². The van der Waals surface area contributed by atoms with Crippen molar-refractivity contribution in [3.8, 4) is 0 Å². The Morgan fingerprint density at radius 3 is 2.71 bits per heavy atom. The Morgan fingerprint density at radius 2 is 1.89 bits per heavy atom. The number of nitrogens with zero attached hydrogens (tertiary/aromatic N) is 1. The molecule has 0 saturated heterocycles. The average molecular weight is 531 g/mol. The van der Waals surface area contributed by atoms with Gasteiger partial charge in [-0.05, 0) is 88.0 Å². The summed E-state index contributed by atoms with van der Waals surface area (Å²) in [6.07, 6.45) is 2.07. The van der Waals surface area contributed by atoms with Crippen LogP contribution >= 0.6 is 72.2 Å². The number of hydrogen-bond donors (Lipinski definition) is 0. The number of rotatable bonds is 17. The Bertz CT molecular complexity index is 618. The number of aromatic nitrogens is 1. The Hall–Kier alpha value is 1.31. The van der Waals surface area contributed by atoms with Gasteiger partial charge in [0, 0.05) is 32.7 Å². The van der Waals surface area contributed by atoms with E-state index in [1.165, 1.54) is 4.70 Å². The number of benzene rings is 1. The van der Waals surface area contributed by atoms with Gasteiger partial charge >= 0.3 is 9.28 Å². The molecule has 0 aliphatic rings. The van der Waals surface area contributed by atoms with Crippen LogP contribution in [0.1, 0.15) is 19.8 Å². The molecule has 0 fully saturated rings. The Kier molecular flexibility index (Phi) is 15.5. The van der Waals surface area contributed by atoms with Crippen molar-refractivity contribution in [2.75, 3.05) is 32.7 Å². The lowest BCUT2D eigenvalue weighted by molar-refractivity contribution is 0.152. The third-order valence-electron chi connectivity index (χ3n) is 3.18. The van der Waals surface area contributed by atoms with Crippen LogP contribution in [0.25, 0.3) is 10.2 Å². The molecule has 0 saturated carbocycles. The third-order valence-corrected chi connectivity index (χ3v) is 17.2. The maximum absolute atomic E-state index is 5.87. The fourth-order valence-corrected chi connectivity index (χ4v) is 16.6. The first kappa shape index (κ1) is 25.6.